The summed E-state index contributed by atoms with van der Waals surface area (Å²) >= 11 is 0. The third kappa shape index (κ3) is 4.43. The molecule has 1 aromatic carbocycles. The average Bonchev–Trinajstić information content (AvgIpc) is 3.15. The van der Waals surface area contributed by atoms with Gasteiger partial charge in [-0.2, -0.15) is 0 Å². The first-order valence-electron chi connectivity index (χ1n) is 10.9. The van der Waals surface area contributed by atoms with E-state index in [-0.39, 0.29) is 11.4 Å². The molecule has 158 valence electrons. The Balaban J connectivity index is 1.40. The summed E-state index contributed by atoms with van der Waals surface area (Å²) in [5.74, 6) is 0.934. The molecule has 6 heteroatoms. The van der Waals surface area contributed by atoms with Gasteiger partial charge in [-0.25, -0.2) is 0 Å². The predicted octanol–water partition coefficient (Wildman–Crippen LogP) is 2.72. The molecular formula is C23H34N4O2. The second-order valence-electron chi connectivity index (χ2n) is 8.72. The number of rotatable bonds is 6. The number of ether oxygens (including phenoxy) is 1. The molecule has 0 spiro atoms. The number of piperazine rings is 1. The summed E-state index contributed by atoms with van der Waals surface area (Å²) in [6, 6.07) is 8.02. The summed E-state index contributed by atoms with van der Waals surface area (Å²) in [5.41, 5.74) is 1.20. The first-order chi connectivity index (χ1) is 14.1. The number of amides is 1. The van der Waals surface area contributed by atoms with E-state index in [1.54, 1.807) is 7.11 Å². The number of carbonyl (C=O) groups excluding carboxylic acids is 1. The van der Waals surface area contributed by atoms with Gasteiger partial charge in [0.2, 0.25) is 5.91 Å². The van der Waals surface area contributed by atoms with Crippen LogP contribution in [-0.2, 0) is 11.3 Å². The van der Waals surface area contributed by atoms with Crippen molar-refractivity contribution in [3.8, 4) is 5.75 Å². The lowest BCUT2D eigenvalue weighted by atomic mass is 9.79. The van der Waals surface area contributed by atoms with Crippen molar-refractivity contribution in [3.05, 3.63) is 30.5 Å². The summed E-state index contributed by atoms with van der Waals surface area (Å²) in [6.45, 7) is 5.58. The fraction of sp³-hybridized carbons (Fsp3) is 0.609. The highest BCUT2D eigenvalue weighted by Crippen LogP contribution is 2.34. The maximum absolute atomic E-state index is 12.8. The number of hydrogen-bond donors (Lipinski definition) is 1. The van der Waals surface area contributed by atoms with E-state index < -0.39 is 0 Å². The molecule has 0 atom stereocenters. The summed E-state index contributed by atoms with van der Waals surface area (Å²) < 4.78 is 7.32. The Kier molecular flexibility index (Phi) is 6.11. The Labute approximate surface area is 173 Å². The summed E-state index contributed by atoms with van der Waals surface area (Å²) in [5, 5.41) is 4.38. The molecular weight excluding hydrogens is 364 g/mol. The Morgan fingerprint density at radius 2 is 1.86 bits per heavy atom. The molecule has 29 heavy (non-hydrogen) atoms. The lowest BCUT2D eigenvalue weighted by Crippen LogP contribution is -2.61. The van der Waals surface area contributed by atoms with Gasteiger partial charge in [0.1, 0.15) is 12.3 Å². The first-order valence-corrected chi connectivity index (χ1v) is 10.9. The lowest BCUT2D eigenvalue weighted by Gasteiger charge is -2.49. The number of methoxy groups -OCH3 is 1. The quantitative estimate of drug-likeness (QED) is 0.813. The molecule has 2 fully saturated rings. The van der Waals surface area contributed by atoms with E-state index in [1.807, 2.05) is 35.0 Å². The van der Waals surface area contributed by atoms with Gasteiger partial charge in [0.25, 0.3) is 0 Å². The van der Waals surface area contributed by atoms with Crippen molar-refractivity contribution in [2.45, 2.75) is 44.2 Å². The van der Waals surface area contributed by atoms with Crippen LogP contribution in [0.3, 0.4) is 0 Å². The van der Waals surface area contributed by atoms with Gasteiger partial charge in [-0.1, -0.05) is 19.3 Å². The van der Waals surface area contributed by atoms with Gasteiger partial charge in [-0.15, -0.1) is 0 Å². The Bertz CT molecular complexity index is 833. The third-order valence-electron chi connectivity index (χ3n) is 6.87. The van der Waals surface area contributed by atoms with Gasteiger partial charge in [0.05, 0.1) is 7.11 Å². The topological polar surface area (TPSA) is 49.7 Å². The highest BCUT2D eigenvalue weighted by atomic mass is 16.5. The highest BCUT2D eigenvalue weighted by Gasteiger charge is 2.39. The van der Waals surface area contributed by atoms with Gasteiger partial charge >= 0.3 is 0 Å². The van der Waals surface area contributed by atoms with Crippen LogP contribution in [0.5, 0.6) is 5.75 Å². The fourth-order valence-electron chi connectivity index (χ4n) is 5.01. The first kappa shape index (κ1) is 20.2. The van der Waals surface area contributed by atoms with E-state index in [2.05, 4.69) is 22.2 Å². The van der Waals surface area contributed by atoms with Crippen molar-refractivity contribution in [3.63, 3.8) is 0 Å². The molecule has 1 aliphatic heterocycles. The van der Waals surface area contributed by atoms with Crippen LogP contribution in [0.2, 0.25) is 0 Å². The van der Waals surface area contributed by atoms with Crippen molar-refractivity contribution in [2.75, 3.05) is 46.9 Å². The number of benzene rings is 1. The summed E-state index contributed by atoms with van der Waals surface area (Å²) in [6.07, 6.45) is 8.24. The fourth-order valence-corrected chi connectivity index (χ4v) is 5.01. The molecule has 2 aromatic rings. The van der Waals surface area contributed by atoms with Crippen molar-refractivity contribution in [1.29, 1.82) is 0 Å². The molecule has 1 saturated carbocycles. The lowest BCUT2D eigenvalue weighted by molar-refractivity contribution is -0.122. The second kappa shape index (κ2) is 8.76. The number of aromatic nitrogens is 1. The third-order valence-corrected chi connectivity index (χ3v) is 6.87. The maximum Gasteiger partial charge on any atom is 0.240 e. The van der Waals surface area contributed by atoms with Crippen LogP contribution >= 0.6 is 0 Å². The number of hydrogen-bond acceptors (Lipinski definition) is 4. The van der Waals surface area contributed by atoms with Crippen LogP contribution in [0.4, 0.5) is 0 Å². The van der Waals surface area contributed by atoms with E-state index in [1.165, 1.54) is 32.1 Å². The number of nitrogens with zero attached hydrogens (tertiary/aromatic N) is 3. The predicted molar refractivity (Wildman–Crippen MR) is 116 cm³/mol. The Hall–Kier alpha value is -2.05. The van der Waals surface area contributed by atoms with Crippen LogP contribution in [-0.4, -0.2) is 72.7 Å². The smallest absolute Gasteiger partial charge is 0.240 e. The molecule has 4 rings (SSSR count). The second-order valence-corrected chi connectivity index (χ2v) is 8.72. The minimum absolute atomic E-state index is 0.0948. The number of fused-ring (bicyclic) bond motifs is 1. The van der Waals surface area contributed by atoms with Gasteiger partial charge in [0, 0.05) is 55.4 Å². The highest BCUT2D eigenvalue weighted by molar-refractivity contribution is 5.84. The zero-order chi connectivity index (χ0) is 20.3. The van der Waals surface area contributed by atoms with Gasteiger partial charge in [-0.05, 0) is 44.2 Å². The molecule has 2 aliphatic rings. The van der Waals surface area contributed by atoms with Crippen molar-refractivity contribution in [1.82, 2.24) is 19.7 Å². The number of likely N-dealkylation sites (N-methyl/N-ethyl adjacent to an activating group) is 1. The SMILES string of the molecule is COc1ccc2c(ccn2CC(=O)NCC2(N3CCN(C)CC3)CCCCC2)c1. The molecule has 1 aromatic heterocycles. The largest absolute Gasteiger partial charge is 0.497 e. The Morgan fingerprint density at radius 3 is 2.59 bits per heavy atom. The zero-order valence-electron chi connectivity index (χ0n) is 17.8. The molecule has 1 amide bonds. The molecule has 0 unspecified atom stereocenters. The van der Waals surface area contributed by atoms with Crippen LogP contribution in [0.25, 0.3) is 10.9 Å². The minimum atomic E-state index is 0.0948. The average molecular weight is 399 g/mol. The van der Waals surface area contributed by atoms with Gasteiger partial charge in [0.15, 0.2) is 0 Å². The molecule has 1 N–H and O–H groups in total. The molecule has 1 aliphatic carbocycles. The van der Waals surface area contributed by atoms with Crippen LogP contribution in [0.1, 0.15) is 32.1 Å². The van der Waals surface area contributed by atoms with Crippen LogP contribution in [0.15, 0.2) is 30.5 Å². The standard InChI is InChI=1S/C23H34N4O2/c1-25-12-14-27(15-13-25)23(9-4-3-5-10-23)18-24-22(28)17-26-11-8-19-16-20(29-2)6-7-21(19)26/h6-8,11,16H,3-5,9-10,12-15,17-18H2,1-2H3,(H,24,28). The van der Waals surface area contributed by atoms with E-state index >= 15 is 0 Å². The summed E-state index contributed by atoms with van der Waals surface area (Å²) in [7, 11) is 3.87. The van der Waals surface area contributed by atoms with E-state index in [0.29, 0.717) is 6.54 Å². The monoisotopic (exact) mass is 398 g/mol. The molecule has 0 radical (unpaired) electrons. The number of nitrogens with one attached hydrogen (secondary N) is 1. The molecule has 0 bridgehead atoms. The van der Waals surface area contributed by atoms with Crippen LogP contribution < -0.4 is 10.1 Å². The van der Waals surface area contributed by atoms with Crippen molar-refractivity contribution >= 4 is 16.8 Å². The van der Waals surface area contributed by atoms with E-state index in [9.17, 15) is 4.79 Å². The van der Waals surface area contributed by atoms with Gasteiger partial charge in [-0.3, -0.25) is 9.69 Å². The molecule has 6 nitrogen and oxygen atoms in total. The van der Waals surface area contributed by atoms with Gasteiger partial charge < -0.3 is 19.5 Å². The van der Waals surface area contributed by atoms with Crippen molar-refractivity contribution in [2.24, 2.45) is 0 Å². The zero-order valence-corrected chi connectivity index (χ0v) is 17.8. The molecule has 2 heterocycles. The normalized spacial score (nSPS) is 20.6. The van der Waals surface area contributed by atoms with Crippen LogP contribution in [0, 0.1) is 0 Å². The van der Waals surface area contributed by atoms with E-state index in [4.69, 9.17) is 4.74 Å². The summed E-state index contributed by atoms with van der Waals surface area (Å²) in [4.78, 5) is 17.9. The molecule has 1 saturated heterocycles. The number of carbonyl (C=O) groups is 1. The van der Waals surface area contributed by atoms with E-state index in [0.717, 1.165) is 49.4 Å². The minimum Gasteiger partial charge on any atom is -0.497 e. The van der Waals surface area contributed by atoms with Crippen molar-refractivity contribution < 1.29 is 9.53 Å². The maximum atomic E-state index is 12.8. The Morgan fingerprint density at radius 1 is 1.10 bits per heavy atom.